The summed E-state index contributed by atoms with van der Waals surface area (Å²) >= 11 is 1.96. The zero-order valence-corrected chi connectivity index (χ0v) is 11.6. The summed E-state index contributed by atoms with van der Waals surface area (Å²) in [6, 6.07) is 2.09. The number of aryl methyl sites for hydroxylation is 1. The molecule has 1 N–H and O–H groups in total. The van der Waals surface area contributed by atoms with Crippen LogP contribution in [0.1, 0.15) is 33.4 Å². The van der Waals surface area contributed by atoms with Gasteiger partial charge in [0, 0.05) is 24.0 Å². The molecule has 1 aromatic rings. The summed E-state index contributed by atoms with van der Waals surface area (Å²) < 4.78 is 2.10. The molecule has 3 nitrogen and oxygen atoms in total. The Morgan fingerprint density at radius 2 is 2.19 bits per heavy atom. The van der Waals surface area contributed by atoms with E-state index in [1.54, 1.807) is 0 Å². The number of thioether (sulfide) groups is 1. The molecule has 1 heterocycles. The van der Waals surface area contributed by atoms with Crippen LogP contribution in [0.4, 0.5) is 0 Å². The van der Waals surface area contributed by atoms with Gasteiger partial charge in [-0.05, 0) is 32.6 Å². The molecule has 0 radical (unpaired) electrons. The third-order valence-corrected chi connectivity index (χ3v) is 3.14. The first-order valence-corrected chi connectivity index (χ1v) is 7.02. The third-order valence-electron chi connectivity index (χ3n) is 2.26. The fourth-order valence-electron chi connectivity index (χ4n) is 1.36. The Morgan fingerprint density at radius 1 is 1.44 bits per heavy atom. The number of hydrogen-bond acceptors (Lipinski definition) is 3. The van der Waals surface area contributed by atoms with Crippen LogP contribution in [0, 0.1) is 0 Å². The molecule has 0 amide bonds. The average molecular weight is 241 g/mol. The molecule has 0 unspecified atom stereocenters. The number of rotatable bonds is 6. The molecule has 0 saturated heterocycles. The van der Waals surface area contributed by atoms with E-state index in [0.717, 1.165) is 18.8 Å². The van der Waals surface area contributed by atoms with Crippen molar-refractivity contribution in [3.05, 3.63) is 18.0 Å². The molecule has 0 spiro atoms. The predicted octanol–water partition coefficient (Wildman–Crippen LogP) is 2.52. The lowest BCUT2D eigenvalue weighted by molar-refractivity contribution is 0.413. The highest BCUT2D eigenvalue weighted by atomic mass is 32.2. The van der Waals surface area contributed by atoms with Gasteiger partial charge in [-0.25, -0.2) is 0 Å². The fourth-order valence-corrected chi connectivity index (χ4v) is 1.95. The second-order valence-corrected chi connectivity index (χ2v) is 6.24. The van der Waals surface area contributed by atoms with Crippen LogP contribution in [-0.2, 0) is 13.1 Å². The van der Waals surface area contributed by atoms with E-state index in [-0.39, 0.29) is 5.54 Å². The van der Waals surface area contributed by atoms with Crippen LogP contribution < -0.4 is 5.32 Å². The number of nitrogens with one attached hydrogen (secondary N) is 1. The Labute approximate surface area is 103 Å². The quantitative estimate of drug-likeness (QED) is 0.776. The molecular formula is C12H23N3S. The van der Waals surface area contributed by atoms with E-state index < -0.39 is 0 Å². The Morgan fingerprint density at radius 3 is 2.81 bits per heavy atom. The summed E-state index contributed by atoms with van der Waals surface area (Å²) in [5, 5.41) is 7.84. The molecule has 1 aromatic heterocycles. The zero-order valence-electron chi connectivity index (χ0n) is 10.8. The van der Waals surface area contributed by atoms with Crippen LogP contribution in [0.15, 0.2) is 12.3 Å². The van der Waals surface area contributed by atoms with Gasteiger partial charge in [-0.1, -0.05) is 6.92 Å². The second-order valence-electron chi connectivity index (χ2n) is 4.85. The highest BCUT2D eigenvalue weighted by Gasteiger charge is 2.10. The number of aromatic nitrogens is 2. The van der Waals surface area contributed by atoms with Crippen LogP contribution in [0.2, 0.25) is 0 Å². The van der Waals surface area contributed by atoms with Crippen molar-refractivity contribution in [1.82, 2.24) is 15.1 Å². The molecule has 0 aliphatic heterocycles. The molecule has 0 aromatic carbocycles. The maximum atomic E-state index is 4.35. The van der Waals surface area contributed by atoms with Crippen molar-refractivity contribution in [3.8, 4) is 0 Å². The van der Waals surface area contributed by atoms with Gasteiger partial charge in [0.1, 0.15) is 0 Å². The lowest BCUT2D eigenvalue weighted by Gasteiger charge is -2.20. The molecule has 0 atom stereocenters. The summed E-state index contributed by atoms with van der Waals surface area (Å²) in [5.74, 6) is 2.32. The van der Waals surface area contributed by atoms with Gasteiger partial charge in [0.05, 0.1) is 12.2 Å². The SMILES string of the molecule is CCSCCn1nccc1CNC(C)(C)C. The van der Waals surface area contributed by atoms with Gasteiger partial charge < -0.3 is 5.32 Å². The van der Waals surface area contributed by atoms with Crippen molar-refractivity contribution in [1.29, 1.82) is 0 Å². The fraction of sp³-hybridized carbons (Fsp3) is 0.750. The molecule has 0 aliphatic carbocycles. The highest BCUT2D eigenvalue weighted by molar-refractivity contribution is 7.99. The first-order valence-electron chi connectivity index (χ1n) is 5.86. The van der Waals surface area contributed by atoms with Gasteiger partial charge in [0.25, 0.3) is 0 Å². The van der Waals surface area contributed by atoms with Crippen LogP contribution in [-0.4, -0.2) is 26.8 Å². The minimum atomic E-state index is 0.160. The zero-order chi connectivity index (χ0) is 12.0. The maximum Gasteiger partial charge on any atom is 0.0522 e. The molecule has 0 fully saturated rings. The predicted molar refractivity (Wildman–Crippen MR) is 71.8 cm³/mol. The molecule has 0 aliphatic rings. The van der Waals surface area contributed by atoms with E-state index in [1.807, 2.05) is 18.0 Å². The topological polar surface area (TPSA) is 29.9 Å². The molecule has 1 rings (SSSR count). The normalized spacial score (nSPS) is 12.0. The lowest BCUT2D eigenvalue weighted by atomic mass is 10.1. The molecule has 16 heavy (non-hydrogen) atoms. The van der Waals surface area contributed by atoms with Crippen LogP contribution >= 0.6 is 11.8 Å². The van der Waals surface area contributed by atoms with Crippen molar-refractivity contribution < 1.29 is 0 Å². The van der Waals surface area contributed by atoms with E-state index in [2.05, 4.69) is 48.9 Å². The van der Waals surface area contributed by atoms with Gasteiger partial charge in [-0.2, -0.15) is 16.9 Å². The second kappa shape index (κ2) is 6.30. The van der Waals surface area contributed by atoms with Gasteiger partial charge in [-0.15, -0.1) is 0 Å². The summed E-state index contributed by atoms with van der Waals surface area (Å²) in [6.45, 7) is 10.6. The van der Waals surface area contributed by atoms with E-state index in [1.165, 1.54) is 11.4 Å². The van der Waals surface area contributed by atoms with Crippen LogP contribution in [0.25, 0.3) is 0 Å². The highest BCUT2D eigenvalue weighted by Crippen LogP contribution is 2.06. The summed E-state index contributed by atoms with van der Waals surface area (Å²) in [7, 11) is 0. The summed E-state index contributed by atoms with van der Waals surface area (Å²) in [6.07, 6.45) is 1.89. The molecule has 4 heteroatoms. The van der Waals surface area contributed by atoms with Crippen molar-refractivity contribution in [2.24, 2.45) is 0 Å². The number of hydrogen-bond donors (Lipinski definition) is 1. The molecule has 0 bridgehead atoms. The Bertz CT molecular complexity index is 301. The minimum absolute atomic E-state index is 0.160. The standard InChI is InChI=1S/C12H23N3S/c1-5-16-9-8-15-11(6-7-14-15)10-13-12(2,3)4/h6-7,13H,5,8-10H2,1-4H3. The van der Waals surface area contributed by atoms with Crippen LogP contribution in [0.5, 0.6) is 0 Å². The summed E-state index contributed by atoms with van der Waals surface area (Å²) in [5.41, 5.74) is 1.43. The molecule has 92 valence electrons. The van der Waals surface area contributed by atoms with Gasteiger partial charge in [0.2, 0.25) is 0 Å². The first-order chi connectivity index (χ1) is 7.53. The van der Waals surface area contributed by atoms with E-state index >= 15 is 0 Å². The van der Waals surface area contributed by atoms with E-state index in [0.29, 0.717) is 0 Å². The first kappa shape index (κ1) is 13.6. The third kappa shape index (κ3) is 5.03. The lowest BCUT2D eigenvalue weighted by Crippen LogP contribution is -2.35. The number of nitrogens with zero attached hydrogens (tertiary/aromatic N) is 2. The minimum Gasteiger partial charge on any atom is -0.306 e. The van der Waals surface area contributed by atoms with Crippen molar-refractivity contribution in [2.45, 2.75) is 46.3 Å². The smallest absolute Gasteiger partial charge is 0.0522 e. The van der Waals surface area contributed by atoms with E-state index in [4.69, 9.17) is 0 Å². The Balaban J connectivity index is 2.44. The Kier molecular flexibility index (Phi) is 5.35. The largest absolute Gasteiger partial charge is 0.306 e. The maximum absolute atomic E-state index is 4.35. The molecular weight excluding hydrogens is 218 g/mol. The van der Waals surface area contributed by atoms with Gasteiger partial charge >= 0.3 is 0 Å². The van der Waals surface area contributed by atoms with Crippen molar-refractivity contribution in [2.75, 3.05) is 11.5 Å². The van der Waals surface area contributed by atoms with Gasteiger partial charge in [0.15, 0.2) is 0 Å². The van der Waals surface area contributed by atoms with Crippen LogP contribution in [0.3, 0.4) is 0 Å². The van der Waals surface area contributed by atoms with E-state index in [9.17, 15) is 0 Å². The molecule has 0 saturated carbocycles. The average Bonchev–Trinajstić information content (AvgIpc) is 2.62. The van der Waals surface area contributed by atoms with Crippen molar-refractivity contribution in [3.63, 3.8) is 0 Å². The monoisotopic (exact) mass is 241 g/mol. The Hall–Kier alpha value is -0.480. The van der Waals surface area contributed by atoms with Crippen molar-refractivity contribution >= 4 is 11.8 Å². The summed E-state index contributed by atoms with van der Waals surface area (Å²) in [4.78, 5) is 0. The van der Waals surface area contributed by atoms with Gasteiger partial charge in [-0.3, -0.25) is 4.68 Å².